The molecule has 0 aliphatic heterocycles. The molecule has 0 fully saturated rings. The molecule has 0 heterocycles. The Labute approximate surface area is 105 Å². The maximum Gasteiger partial charge on any atom is 0.258 e. The number of aliphatic hydroxyl groups is 2. The Kier molecular flexibility index (Phi) is 4.94. The van der Waals surface area contributed by atoms with E-state index in [0.29, 0.717) is 0 Å². The first-order valence-corrected chi connectivity index (χ1v) is 5.45. The number of benzene rings is 1. The molecule has 0 aliphatic rings. The van der Waals surface area contributed by atoms with Crippen molar-refractivity contribution < 1.29 is 24.9 Å². The van der Waals surface area contributed by atoms with Crippen molar-refractivity contribution in [1.29, 1.82) is 0 Å². The van der Waals surface area contributed by atoms with Crippen LogP contribution in [0.5, 0.6) is 11.5 Å². The highest BCUT2D eigenvalue weighted by atomic mass is 16.5. The lowest BCUT2D eigenvalue weighted by molar-refractivity contribution is -0.124. The first-order chi connectivity index (χ1) is 8.44. The molecule has 1 aromatic carbocycles. The fraction of sp³-hybridized carbons (Fsp3) is 0.417. The number of hydrogen-bond donors (Lipinski definition) is 4. The van der Waals surface area contributed by atoms with Gasteiger partial charge in [0.15, 0.2) is 18.1 Å². The lowest BCUT2D eigenvalue weighted by Crippen LogP contribution is -2.44. The maximum atomic E-state index is 11.4. The average Bonchev–Trinajstić information content (AvgIpc) is 2.35. The predicted octanol–water partition coefficient (Wildman–Crippen LogP) is -0.370. The van der Waals surface area contributed by atoms with Gasteiger partial charge in [0.1, 0.15) is 5.60 Å². The molecule has 0 bridgehead atoms. The molecule has 0 aromatic heterocycles. The minimum Gasteiger partial charge on any atom is -0.504 e. The summed E-state index contributed by atoms with van der Waals surface area (Å²) in [6, 6.07) is 6.29. The van der Waals surface area contributed by atoms with Crippen LogP contribution < -0.4 is 10.1 Å². The summed E-state index contributed by atoms with van der Waals surface area (Å²) in [5.74, 6) is -0.291. The maximum absolute atomic E-state index is 11.4. The van der Waals surface area contributed by atoms with Crippen molar-refractivity contribution in [1.82, 2.24) is 5.32 Å². The molecule has 6 nitrogen and oxygen atoms in total. The van der Waals surface area contributed by atoms with Gasteiger partial charge < -0.3 is 25.4 Å². The van der Waals surface area contributed by atoms with Crippen LogP contribution in [-0.4, -0.2) is 46.6 Å². The Morgan fingerprint density at radius 3 is 2.72 bits per heavy atom. The molecule has 18 heavy (non-hydrogen) atoms. The molecule has 0 aliphatic carbocycles. The molecule has 1 rings (SSSR count). The van der Waals surface area contributed by atoms with Crippen molar-refractivity contribution in [2.45, 2.75) is 12.5 Å². The monoisotopic (exact) mass is 255 g/mol. The van der Waals surface area contributed by atoms with Gasteiger partial charge in [-0.1, -0.05) is 12.1 Å². The molecular formula is C12H17NO5. The number of ether oxygens (including phenoxy) is 1. The summed E-state index contributed by atoms with van der Waals surface area (Å²) in [6.07, 6.45) is 0. The van der Waals surface area contributed by atoms with E-state index in [0.717, 1.165) is 0 Å². The number of rotatable bonds is 6. The summed E-state index contributed by atoms with van der Waals surface area (Å²) < 4.78 is 5.09. The summed E-state index contributed by atoms with van der Waals surface area (Å²) in [5.41, 5.74) is -1.36. The fourth-order valence-electron chi connectivity index (χ4n) is 1.12. The molecule has 0 saturated heterocycles. The van der Waals surface area contributed by atoms with E-state index in [9.17, 15) is 15.0 Å². The average molecular weight is 255 g/mol. The number of aliphatic hydroxyl groups excluding tert-OH is 1. The molecule has 0 radical (unpaired) electrons. The largest absolute Gasteiger partial charge is 0.504 e. The number of para-hydroxylation sites is 2. The number of phenolic OH excluding ortho intramolecular Hbond substituents is 1. The number of carbonyl (C=O) groups excluding carboxylic acids is 1. The molecule has 0 saturated carbocycles. The van der Waals surface area contributed by atoms with Crippen LogP contribution in [0.4, 0.5) is 0 Å². The first-order valence-electron chi connectivity index (χ1n) is 5.45. The number of nitrogens with one attached hydrogen (secondary N) is 1. The van der Waals surface area contributed by atoms with Crippen molar-refractivity contribution in [3.63, 3.8) is 0 Å². The van der Waals surface area contributed by atoms with Crippen molar-refractivity contribution >= 4 is 5.91 Å². The van der Waals surface area contributed by atoms with Gasteiger partial charge in [0.2, 0.25) is 0 Å². The summed E-state index contributed by atoms with van der Waals surface area (Å²) in [6.45, 7) is 0.594. The molecule has 4 N–H and O–H groups in total. The van der Waals surface area contributed by atoms with Crippen molar-refractivity contribution in [3.05, 3.63) is 24.3 Å². The third-order valence-electron chi connectivity index (χ3n) is 2.23. The standard InChI is InChI=1S/C12H17NO5/c1-12(17,8-14)7-13-11(16)6-18-10-5-3-2-4-9(10)15/h2-5,14-15,17H,6-8H2,1H3,(H,13,16). The number of hydrogen-bond acceptors (Lipinski definition) is 5. The molecule has 0 spiro atoms. The van der Waals surface area contributed by atoms with Crippen LogP contribution in [0.3, 0.4) is 0 Å². The van der Waals surface area contributed by atoms with Crippen LogP contribution in [-0.2, 0) is 4.79 Å². The second kappa shape index (κ2) is 6.23. The zero-order valence-electron chi connectivity index (χ0n) is 10.1. The Morgan fingerprint density at radius 2 is 2.11 bits per heavy atom. The minimum absolute atomic E-state index is 0.0485. The highest BCUT2D eigenvalue weighted by molar-refractivity contribution is 5.77. The third kappa shape index (κ3) is 4.60. The Bertz CT molecular complexity index is 405. The second-order valence-corrected chi connectivity index (χ2v) is 4.19. The van der Waals surface area contributed by atoms with E-state index in [2.05, 4.69) is 5.32 Å². The predicted molar refractivity (Wildman–Crippen MR) is 64.3 cm³/mol. The smallest absolute Gasteiger partial charge is 0.258 e. The molecule has 1 unspecified atom stereocenters. The van der Waals surface area contributed by atoms with Gasteiger partial charge in [0.25, 0.3) is 5.91 Å². The lowest BCUT2D eigenvalue weighted by Gasteiger charge is -2.20. The first kappa shape index (κ1) is 14.3. The summed E-state index contributed by atoms with van der Waals surface area (Å²) in [5, 5.41) is 30.0. The number of carbonyl (C=O) groups is 1. The molecule has 1 aromatic rings. The summed E-state index contributed by atoms with van der Waals surface area (Å²) in [7, 11) is 0. The van der Waals surface area contributed by atoms with Crippen LogP contribution in [0.1, 0.15) is 6.92 Å². The van der Waals surface area contributed by atoms with E-state index in [4.69, 9.17) is 9.84 Å². The normalized spacial score (nSPS) is 13.7. The van der Waals surface area contributed by atoms with Crippen LogP contribution in [0, 0.1) is 0 Å². The van der Waals surface area contributed by atoms with Gasteiger partial charge in [0.05, 0.1) is 6.61 Å². The fourth-order valence-corrected chi connectivity index (χ4v) is 1.12. The minimum atomic E-state index is -1.36. The highest BCUT2D eigenvalue weighted by Crippen LogP contribution is 2.23. The molecular weight excluding hydrogens is 238 g/mol. The third-order valence-corrected chi connectivity index (χ3v) is 2.23. The van der Waals surface area contributed by atoms with E-state index < -0.39 is 18.1 Å². The van der Waals surface area contributed by atoms with Crippen LogP contribution in [0.15, 0.2) is 24.3 Å². The van der Waals surface area contributed by atoms with E-state index in [1.54, 1.807) is 12.1 Å². The zero-order valence-corrected chi connectivity index (χ0v) is 10.1. The number of amides is 1. The topological polar surface area (TPSA) is 99.0 Å². The van der Waals surface area contributed by atoms with Gasteiger partial charge in [0, 0.05) is 6.54 Å². The Morgan fingerprint density at radius 1 is 1.44 bits per heavy atom. The molecule has 1 amide bonds. The Hall–Kier alpha value is -1.79. The van der Waals surface area contributed by atoms with E-state index in [1.807, 2.05) is 0 Å². The van der Waals surface area contributed by atoms with Crippen molar-refractivity contribution in [3.8, 4) is 11.5 Å². The van der Waals surface area contributed by atoms with Gasteiger partial charge >= 0.3 is 0 Å². The van der Waals surface area contributed by atoms with Gasteiger partial charge in [-0.3, -0.25) is 4.79 Å². The van der Waals surface area contributed by atoms with Crippen LogP contribution >= 0.6 is 0 Å². The van der Waals surface area contributed by atoms with E-state index in [1.165, 1.54) is 19.1 Å². The van der Waals surface area contributed by atoms with Crippen molar-refractivity contribution in [2.24, 2.45) is 0 Å². The lowest BCUT2D eigenvalue weighted by atomic mass is 10.1. The molecule has 1 atom stereocenters. The highest BCUT2D eigenvalue weighted by Gasteiger charge is 2.19. The molecule has 6 heteroatoms. The summed E-state index contributed by atoms with van der Waals surface area (Å²) in [4.78, 5) is 11.4. The van der Waals surface area contributed by atoms with E-state index >= 15 is 0 Å². The van der Waals surface area contributed by atoms with Gasteiger partial charge in [-0.2, -0.15) is 0 Å². The number of phenols is 1. The zero-order chi connectivity index (χ0) is 13.6. The quantitative estimate of drug-likeness (QED) is 0.556. The SMILES string of the molecule is CC(O)(CO)CNC(=O)COc1ccccc1O. The van der Waals surface area contributed by atoms with Crippen molar-refractivity contribution in [2.75, 3.05) is 19.8 Å². The van der Waals surface area contributed by atoms with Gasteiger partial charge in [-0.15, -0.1) is 0 Å². The van der Waals surface area contributed by atoms with E-state index in [-0.39, 0.29) is 24.7 Å². The van der Waals surface area contributed by atoms with Crippen LogP contribution in [0.25, 0.3) is 0 Å². The van der Waals surface area contributed by atoms with Crippen LogP contribution in [0.2, 0.25) is 0 Å². The Balaban J connectivity index is 2.36. The number of aromatic hydroxyl groups is 1. The van der Waals surface area contributed by atoms with Gasteiger partial charge in [-0.25, -0.2) is 0 Å². The summed E-state index contributed by atoms with van der Waals surface area (Å²) >= 11 is 0. The second-order valence-electron chi connectivity index (χ2n) is 4.19. The molecule has 100 valence electrons. The van der Waals surface area contributed by atoms with Gasteiger partial charge in [-0.05, 0) is 19.1 Å².